The third-order valence-electron chi connectivity index (χ3n) is 4.08. The van der Waals surface area contributed by atoms with Crippen molar-refractivity contribution in [2.75, 3.05) is 0 Å². The number of aryl methyl sites for hydroxylation is 3. The minimum atomic E-state index is -0.233. The number of nitrogens with one attached hydrogen (secondary N) is 1. The van der Waals surface area contributed by atoms with E-state index in [9.17, 15) is 4.79 Å². The zero-order valence-electron chi connectivity index (χ0n) is 15.2. The van der Waals surface area contributed by atoms with E-state index in [1.807, 2.05) is 74.0 Å². The van der Waals surface area contributed by atoms with Crippen LogP contribution < -0.4 is 5.43 Å². The predicted molar refractivity (Wildman–Crippen MR) is 103 cm³/mol. The normalized spacial score (nSPS) is 11.0. The lowest BCUT2D eigenvalue weighted by Gasteiger charge is -2.06. The van der Waals surface area contributed by atoms with Gasteiger partial charge in [-0.3, -0.25) is 9.48 Å². The Hall–Kier alpha value is -3.21. The second-order valence-corrected chi connectivity index (χ2v) is 6.39. The van der Waals surface area contributed by atoms with Crippen LogP contribution in [0.2, 0.25) is 0 Å². The minimum absolute atomic E-state index is 0.233. The maximum Gasteiger partial charge on any atom is 0.271 e. The molecule has 1 amide bonds. The molecule has 0 unspecified atom stereocenters. The molecule has 0 radical (unpaired) electrons. The first-order valence-corrected chi connectivity index (χ1v) is 8.51. The van der Waals surface area contributed by atoms with Crippen molar-refractivity contribution in [1.29, 1.82) is 0 Å². The number of aromatic nitrogens is 2. The van der Waals surface area contributed by atoms with Crippen molar-refractivity contribution in [2.24, 2.45) is 5.10 Å². The molecule has 3 aromatic rings. The Morgan fingerprint density at radius 3 is 2.58 bits per heavy atom. The molecule has 3 rings (SSSR count). The van der Waals surface area contributed by atoms with Crippen LogP contribution in [-0.2, 0) is 6.54 Å². The predicted octanol–water partition coefficient (Wildman–Crippen LogP) is 3.62. The fraction of sp³-hybridized carbons (Fsp3) is 0.190. The number of hydrogen-bond acceptors (Lipinski definition) is 3. The number of amides is 1. The van der Waals surface area contributed by atoms with Crippen LogP contribution in [0.4, 0.5) is 0 Å². The van der Waals surface area contributed by atoms with E-state index >= 15 is 0 Å². The highest BCUT2D eigenvalue weighted by Crippen LogP contribution is 2.10. The molecular weight excluding hydrogens is 324 g/mol. The Kier molecular flexibility index (Phi) is 5.27. The summed E-state index contributed by atoms with van der Waals surface area (Å²) in [6, 6.07) is 17.5. The van der Waals surface area contributed by atoms with Gasteiger partial charge in [0.15, 0.2) is 0 Å². The molecule has 0 aliphatic heterocycles. The summed E-state index contributed by atoms with van der Waals surface area (Å²) >= 11 is 0. The molecule has 5 heteroatoms. The molecule has 0 spiro atoms. The van der Waals surface area contributed by atoms with Gasteiger partial charge in [-0.2, -0.15) is 10.2 Å². The van der Waals surface area contributed by atoms with Crippen molar-refractivity contribution in [1.82, 2.24) is 15.2 Å². The minimum Gasteiger partial charge on any atom is -0.267 e. The van der Waals surface area contributed by atoms with E-state index in [1.54, 1.807) is 12.3 Å². The number of hydrazone groups is 1. The van der Waals surface area contributed by atoms with Crippen molar-refractivity contribution in [3.63, 3.8) is 0 Å². The van der Waals surface area contributed by atoms with Crippen LogP contribution in [0.25, 0.3) is 0 Å². The summed E-state index contributed by atoms with van der Waals surface area (Å²) in [6.45, 7) is 6.66. The van der Waals surface area contributed by atoms with E-state index in [2.05, 4.69) is 15.6 Å². The van der Waals surface area contributed by atoms with Gasteiger partial charge in [-0.25, -0.2) is 5.43 Å². The highest BCUT2D eigenvalue weighted by atomic mass is 16.2. The molecule has 0 atom stereocenters. The van der Waals surface area contributed by atoms with Crippen molar-refractivity contribution in [3.05, 3.63) is 88.2 Å². The molecule has 1 aromatic heterocycles. The molecule has 0 bridgehead atoms. The van der Waals surface area contributed by atoms with Gasteiger partial charge in [0.05, 0.1) is 18.5 Å². The second kappa shape index (κ2) is 7.78. The molecule has 132 valence electrons. The van der Waals surface area contributed by atoms with Gasteiger partial charge in [-0.1, -0.05) is 42.0 Å². The van der Waals surface area contributed by atoms with Gasteiger partial charge in [-0.15, -0.1) is 0 Å². The summed E-state index contributed by atoms with van der Waals surface area (Å²) in [6.07, 6.45) is 1.64. The average molecular weight is 346 g/mol. The third-order valence-corrected chi connectivity index (χ3v) is 4.08. The van der Waals surface area contributed by atoms with Crippen LogP contribution in [0, 0.1) is 20.8 Å². The molecule has 1 heterocycles. The summed E-state index contributed by atoms with van der Waals surface area (Å²) in [4.78, 5) is 12.3. The van der Waals surface area contributed by atoms with E-state index in [0.717, 1.165) is 22.5 Å². The smallest absolute Gasteiger partial charge is 0.267 e. The highest BCUT2D eigenvalue weighted by Gasteiger charge is 2.07. The fourth-order valence-electron chi connectivity index (χ4n) is 2.70. The standard InChI is InChI=1S/C21H22N4O/c1-15-7-9-18(10-8-15)13-22-23-21(26)20-6-4-5-19(12-20)14-25-17(3)11-16(2)24-25/h4-13H,14H2,1-3H3,(H,23,26)/b22-13+. The first-order chi connectivity index (χ1) is 12.5. The third kappa shape index (κ3) is 4.45. The average Bonchev–Trinajstić information content (AvgIpc) is 2.94. The lowest BCUT2D eigenvalue weighted by Crippen LogP contribution is -2.18. The maximum atomic E-state index is 12.3. The summed E-state index contributed by atoms with van der Waals surface area (Å²) in [5.41, 5.74) is 8.38. The van der Waals surface area contributed by atoms with Crippen molar-refractivity contribution in [3.8, 4) is 0 Å². The van der Waals surface area contributed by atoms with Crippen LogP contribution in [0.3, 0.4) is 0 Å². The second-order valence-electron chi connectivity index (χ2n) is 6.39. The SMILES string of the molecule is Cc1ccc(/C=N/NC(=O)c2cccc(Cn3nc(C)cc3C)c2)cc1. The van der Waals surface area contributed by atoms with E-state index < -0.39 is 0 Å². The van der Waals surface area contributed by atoms with Gasteiger partial charge in [0.25, 0.3) is 5.91 Å². The van der Waals surface area contributed by atoms with Gasteiger partial charge in [0.2, 0.25) is 0 Å². The Morgan fingerprint density at radius 2 is 1.88 bits per heavy atom. The van der Waals surface area contributed by atoms with Crippen LogP contribution in [0.15, 0.2) is 59.7 Å². The lowest BCUT2D eigenvalue weighted by molar-refractivity contribution is 0.0955. The number of nitrogens with zero attached hydrogens (tertiary/aromatic N) is 3. The highest BCUT2D eigenvalue weighted by molar-refractivity contribution is 5.95. The van der Waals surface area contributed by atoms with Crippen molar-refractivity contribution >= 4 is 12.1 Å². The zero-order valence-corrected chi connectivity index (χ0v) is 15.2. The monoisotopic (exact) mass is 346 g/mol. The lowest BCUT2D eigenvalue weighted by atomic mass is 10.1. The number of hydrogen-bond donors (Lipinski definition) is 1. The van der Waals surface area contributed by atoms with E-state index in [0.29, 0.717) is 12.1 Å². The molecule has 0 aliphatic carbocycles. The van der Waals surface area contributed by atoms with E-state index in [1.165, 1.54) is 5.56 Å². The van der Waals surface area contributed by atoms with E-state index in [-0.39, 0.29) is 5.91 Å². The molecular formula is C21H22N4O. The quantitative estimate of drug-likeness (QED) is 0.566. The molecule has 5 nitrogen and oxygen atoms in total. The molecule has 0 aliphatic rings. The number of carbonyl (C=O) groups excluding carboxylic acids is 1. The van der Waals surface area contributed by atoms with Crippen LogP contribution in [-0.4, -0.2) is 21.9 Å². The van der Waals surface area contributed by atoms with Gasteiger partial charge in [0, 0.05) is 11.3 Å². The first-order valence-electron chi connectivity index (χ1n) is 8.51. The van der Waals surface area contributed by atoms with Gasteiger partial charge < -0.3 is 0 Å². The topological polar surface area (TPSA) is 59.3 Å². The Labute approximate surface area is 153 Å². The van der Waals surface area contributed by atoms with Crippen molar-refractivity contribution < 1.29 is 4.79 Å². The number of rotatable bonds is 5. The van der Waals surface area contributed by atoms with Gasteiger partial charge >= 0.3 is 0 Å². The Morgan fingerprint density at radius 1 is 1.12 bits per heavy atom. The van der Waals surface area contributed by atoms with Gasteiger partial charge in [-0.05, 0) is 50.1 Å². The van der Waals surface area contributed by atoms with Crippen molar-refractivity contribution in [2.45, 2.75) is 27.3 Å². The molecule has 1 N–H and O–H groups in total. The number of benzene rings is 2. The molecule has 0 fully saturated rings. The van der Waals surface area contributed by atoms with Crippen LogP contribution in [0.1, 0.15) is 38.4 Å². The van der Waals surface area contributed by atoms with Crippen LogP contribution in [0.5, 0.6) is 0 Å². The summed E-state index contributed by atoms with van der Waals surface area (Å²) in [5.74, 6) is -0.233. The largest absolute Gasteiger partial charge is 0.271 e. The van der Waals surface area contributed by atoms with E-state index in [4.69, 9.17) is 0 Å². The first kappa shape index (κ1) is 17.6. The molecule has 2 aromatic carbocycles. The molecule has 0 saturated heterocycles. The Bertz CT molecular complexity index is 939. The van der Waals surface area contributed by atoms with Crippen LogP contribution >= 0.6 is 0 Å². The summed E-state index contributed by atoms with van der Waals surface area (Å²) < 4.78 is 1.93. The number of carbonyl (C=O) groups is 1. The Balaban J connectivity index is 1.66. The maximum absolute atomic E-state index is 12.3. The van der Waals surface area contributed by atoms with Gasteiger partial charge in [0.1, 0.15) is 0 Å². The summed E-state index contributed by atoms with van der Waals surface area (Å²) in [7, 11) is 0. The fourth-order valence-corrected chi connectivity index (χ4v) is 2.70. The summed E-state index contributed by atoms with van der Waals surface area (Å²) in [5, 5.41) is 8.50. The zero-order chi connectivity index (χ0) is 18.5. The molecule has 26 heavy (non-hydrogen) atoms. The molecule has 0 saturated carbocycles.